The van der Waals surface area contributed by atoms with E-state index in [-0.39, 0.29) is 23.9 Å². The smallest absolute Gasteiger partial charge is 0.317 e. The molecule has 0 aliphatic carbocycles. The number of nitrogens with zero attached hydrogens (tertiary/aromatic N) is 1. The van der Waals surface area contributed by atoms with Gasteiger partial charge >= 0.3 is 6.03 Å². The Morgan fingerprint density at radius 2 is 2.19 bits per heavy atom. The highest BCUT2D eigenvalue weighted by molar-refractivity contribution is 5.74. The summed E-state index contributed by atoms with van der Waals surface area (Å²) in [7, 11) is 0. The molecule has 0 aromatic heterocycles. The van der Waals surface area contributed by atoms with Gasteiger partial charge in [-0.15, -0.1) is 0 Å². The molecule has 1 aromatic carbocycles. The van der Waals surface area contributed by atoms with Crippen molar-refractivity contribution in [3.8, 4) is 0 Å². The van der Waals surface area contributed by atoms with Gasteiger partial charge in [-0.1, -0.05) is 25.1 Å². The van der Waals surface area contributed by atoms with Crippen LogP contribution in [0.3, 0.4) is 0 Å². The van der Waals surface area contributed by atoms with E-state index >= 15 is 0 Å². The molecule has 4 nitrogen and oxygen atoms in total. The Morgan fingerprint density at radius 3 is 2.86 bits per heavy atom. The van der Waals surface area contributed by atoms with Crippen molar-refractivity contribution in [2.75, 3.05) is 19.6 Å². The summed E-state index contributed by atoms with van der Waals surface area (Å²) in [6.45, 7) is 6.02. The number of hydrogen-bond acceptors (Lipinski definition) is 2. The zero-order valence-corrected chi connectivity index (χ0v) is 12.7. The van der Waals surface area contributed by atoms with E-state index in [2.05, 4.69) is 10.6 Å². The molecule has 1 fully saturated rings. The maximum Gasteiger partial charge on any atom is 0.317 e. The van der Waals surface area contributed by atoms with E-state index in [0.717, 1.165) is 19.4 Å². The summed E-state index contributed by atoms with van der Waals surface area (Å²) in [5.41, 5.74) is 0.705. The Bertz CT molecular complexity index is 480. The number of urea groups is 1. The summed E-state index contributed by atoms with van der Waals surface area (Å²) in [5, 5.41) is 6.30. The molecule has 0 spiro atoms. The molecule has 1 saturated heterocycles. The molecule has 116 valence electrons. The van der Waals surface area contributed by atoms with E-state index < -0.39 is 0 Å². The molecular weight excluding hydrogens is 269 g/mol. The molecule has 1 aliphatic rings. The van der Waals surface area contributed by atoms with Crippen molar-refractivity contribution in [2.24, 2.45) is 0 Å². The summed E-state index contributed by atoms with van der Waals surface area (Å²) < 4.78 is 13.9. The molecule has 2 rings (SSSR count). The van der Waals surface area contributed by atoms with Crippen molar-refractivity contribution in [2.45, 2.75) is 38.8 Å². The van der Waals surface area contributed by atoms with Gasteiger partial charge in [0, 0.05) is 37.3 Å². The number of carbonyl (C=O) groups excluding carboxylic acids is 1. The fourth-order valence-electron chi connectivity index (χ4n) is 2.81. The van der Waals surface area contributed by atoms with Gasteiger partial charge in [-0.2, -0.15) is 0 Å². The van der Waals surface area contributed by atoms with Crippen LogP contribution in [0.5, 0.6) is 0 Å². The Balaban J connectivity index is 1.95. The lowest BCUT2D eigenvalue weighted by atomic mass is 10.0. The largest absolute Gasteiger partial charge is 0.338 e. The third-order valence-electron chi connectivity index (χ3n) is 3.93. The molecule has 1 aromatic rings. The van der Waals surface area contributed by atoms with E-state index in [1.807, 2.05) is 30.9 Å². The second-order valence-corrected chi connectivity index (χ2v) is 5.42. The minimum absolute atomic E-state index is 0.00890. The number of nitrogens with one attached hydrogen (secondary N) is 2. The first-order valence-electron chi connectivity index (χ1n) is 7.69. The maximum absolute atomic E-state index is 13.9. The number of amides is 2. The van der Waals surface area contributed by atoms with Crippen molar-refractivity contribution in [3.63, 3.8) is 0 Å². The van der Waals surface area contributed by atoms with Crippen LogP contribution >= 0.6 is 0 Å². The summed E-state index contributed by atoms with van der Waals surface area (Å²) in [4.78, 5) is 13.6. The van der Waals surface area contributed by atoms with Gasteiger partial charge in [0.1, 0.15) is 5.82 Å². The highest BCUT2D eigenvalue weighted by Gasteiger charge is 2.28. The van der Waals surface area contributed by atoms with Crippen LogP contribution in [-0.2, 0) is 0 Å². The molecule has 1 aliphatic heterocycles. The van der Waals surface area contributed by atoms with Gasteiger partial charge in [0.15, 0.2) is 0 Å². The predicted molar refractivity (Wildman–Crippen MR) is 81.6 cm³/mol. The summed E-state index contributed by atoms with van der Waals surface area (Å²) in [6.07, 6.45) is 1.72. The average molecular weight is 293 g/mol. The zero-order valence-electron chi connectivity index (χ0n) is 12.7. The van der Waals surface area contributed by atoms with Crippen LogP contribution in [0, 0.1) is 5.82 Å². The number of carbonyl (C=O) groups is 1. The molecule has 0 saturated carbocycles. The minimum Gasteiger partial charge on any atom is -0.338 e. The van der Waals surface area contributed by atoms with E-state index in [0.29, 0.717) is 18.7 Å². The van der Waals surface area contributed by atoms with Crippen LogP contribution in [0.1, 0.15) is 38.3 Å². The highest BCUT2D eigenvalue weighted by atomic mass is 19.1. The third kappa shape index (κ3) is 3.94. The summed E-state index contributed by atoms with van der Waals surface area (Å²) >= 11 is 0. The standard InChI is InChI=1S/C16H24FN3O/c1-3-15(13-7-5-6-8-14(13)17)19-12-9-10-20(11-12)16(21)18-4-2/h5-8,12,15,19H,3-4,9-11H2,1-2H3,(H,18,21)/t12-,15-/m1/s1. The Labute approximate surface area is 125 Å². The normalized spacial score (nSPS) is 19.6. The predicted octanol–water partition coefficient (Wildman–Crippen LogP) is 2.67. The monoisotopic (exact) mass is 293 g/mol. The molecular formula is C16H24FN3O. The number of halogens is 1. The molecule has 21 heavy (non-hydrogen) atoms. The van der Waals surface area contributed by atoms with Crippen molar-refractivity contribution in [3.05, 3.63) is 35.6 Å². The second kappa shape index (κ2) is 7.41. The first-order chi connectivity index (χ1) is 10.2. The lowest BCUT2D eigenvalue weighted by molar-refractivity contribution is 0.208. The fourth-order valence-corrected chi connectivity index (χ4v) is 2.81. The van der Waals surface area contributed by atoms with Crippen LogP contribution in [0.15, 0.2) is 24.3 Å². The number of benzene rings is 1. The second-order valence-electron chi connectivity index (χ2n) is 5.42. The average Bonchev–Trinajstić information content (AvgIpc) is 2.94. The van der Waals surface area contributed by atoms with Crippen molar-refractivity contribution >= 4 is 6.03 Å². The van der Waals surface area contributed by atoms with Crippen LogP contribution < -0.4 is 10.6 Å². The fraction of sp³-hybridized carbons (Fsp3) is 0.562. The topological polar surface area (TPSA) is 44.4 Å². The summed E-state index contributed by atoms with van der Waals surface area (Å²) in [6, 6.07) is 7.09. The van der Waals surface area contributed by atoms with Gasteiger partial charge in [0.25, 0.3) is 0 Å². The van der Waals surface area contributed by atoms with Crippen LogP contribution in [-0.4, -0.2) is 36.6 Å². The number of likely N-dealkylation sites (tertiary alicyclic amines) is 1. The number of rotatable bonds is 5. The SMILES string of the molecule is CCNC(=O)N1CC[C@@H](N[C@H](CC)c2ccccc2F)C1. The zero-order chi connectivity index (χ0) is 15.2. The van der Waals surface area contributed by atoms with Crippen LogP contribution in [0.25, 0.3) is 0 Å². The molecule has 1 heterocycles. The molecule has 2 N–H and O–H groups in total. The van der Waals surface area contributed by atoms with Crippen molar-refractivity contribution in [1.82, 2.24) is 15.5 Å². The molecule has 2 atom stereocenters. The molecule has 5 heteroatoms. The van der Waals surface area contributed by atoms with E-state index in [4.69, 9.17) is 0 Å². The Kier molecular flexibility index (Phi) is 5.56. The van der Waals surface area contributed by atoms with Gasteiger partial charge < -0.3 is 15.5 Å². The third-order valence-corrected chi connectivity index (χ3v) is 3.93. The van der Waals surface area contributed by atoms with Gasteiger partial charge in [0.05, 0.1) is 0 Å². The lowest BCUT2D eigenvalue weighted by Crippen LogP contribution is -2.41. The van der Waals surface area contributed by atoms with Crippen molar-refractivity contribution in [1.29, 1.82) is 0 Å². The molecule has 0 unspecified atom stereocenters. The van der Waals surface area contributed by atoms with E-state index in [1.54, 1.807) is 6.07 Å². The lowest BCUT2D eigenvalue weighted by Gasteiger charge is -2.23. The van der Waals surface area contributed by atoms with E-state index in [1.165, 1.54) is 6.07 Å². The highest BCUT2D eigenvalue weighted by Crippen LogP contribution is 2.22. The Morgan fingerprint density at radius 1 is 1.43 bits per heavy atom. The van der Waals surface area contributed by atoms with Crippen molar-refractivity contribution < 1.29 is 9.18 Å². The summed E-state index contributed by atoms with van der Waals surface area (Å²) in [5.74, 6) is -0.171. The first-order valence-corrected chi connectivity index (χ1v) is 7.69. The van der Waals surface area contributed by atoms with Gasteiger partial charge in [-0.05, 0) is 25.8 Å². The van der Waals surface area contributed by atoms with Gasteiger partial charge in [-0.25, -0.2) is 9.18 Å². The number of hydrogen-bond donors (Lipinski definition) is 2. The van der Waals surface area contributed by atoms with E-state index in [9.17, 15) is 9.18 Å². The van der Waals surface area contributed by atoms with Crippen LogP contribution in [0.2, 0.25) is 0 Å². The maximum atomic E-state index is 13.9. The molecule has 2 amide bonds. The van der Waals surface area contributed by atoms with Gasteiger partial charge in [-0.3, -0.25) is 0 Å². The molecule has 0 bridgehead atoms. The minimum atomic E-state index is -0.171. The quantitative estimate of drug-likeness (QED) is 0.876. The molecule has 0 radical (unpaired) electrons. The Hall–Kier alpha value is -1.62. The van der Waals surface area contributed by atoms with Gasteiger partial charge in [0.2, 0.25) is 0 Å². The van der Waals surface area contributed by atoms with Crippen LogP contribution in [0.4, 0.5) is 9.18 Å². The first kappa shape index (κ1) is 15.8.